The quantitative estimate of drug-likeness (QED) is 0.747. The van der Waals surface area contributed by atoms with E-state index >= 15 is 0 Å². The lowest BCUT2D eigenvalue weighted by Gasteiger charge is -2.10. The van der Waals surface area contributed by atoms with Crippen LogP contribution in [0.3, 0.4) is 0 Å². The molecule has 0 aliphatic carbocycles. The Morgan fingerprint density at radius 3 is 2.67 bits per heavy atom. The Kier molecular flexibility index (Phi) is 4.32. The molecule has 4 N–H and O–H groups in total. The summed E-state index contributed by atoms with van der Waals surface area (Å²) in [4.78, 5) is 18.3. The van der Waals surface area contributed by atoms with Crippen LogP contribution in [-0.4, -0.2) is 30.1 Å². The first-order valence-corrected chi connectivity index (χ1v) is 6.36. The molecule has 112 valence electrons. The maximum absolute atomic E-state index is 11.3. The van der Waals surface area contributed by atoms with Gasteiger partial charge in [-0.05, 0) is 24.6 Å². The fourth-order valence-corrected chi connectivity index (χ4v) is 1.97. The Labute approximate surface area is 122 Å². The molecule has 0 saturated carbocycles. The highest BCUT2D eigenvalue weighted by atomic mass is 16.5. The lowest BCUT2D eigenvalue weighted by molar-refractivity contribution is 0.0996. The molecule has 0 unspecified atom stereocenters. The third-order valence-electron chi connectivity index (χ3n) is 2.98. The highest BCUT2D eigenvalue weighted by Crippen LogP contribution is 2.27. The van der Waals surface area contributed by atoms with Crippen LogP contribution >= 0.6 is 0 Å². The number of primary amides is 1. The lowest BCUT2D eigenvalue weighted by atomic mass is 10.2. The summed E-state index contributed by atoms with van der Waals surface area (Å²) in [5.74, 6) is 1.82. The van der Waals surface area contributed by atoms with Crippen molar-refractivity contribution >= 4 is 11.7 Å². The van der Waals surface area contributed by atoms with Crippen molar-refractivity contribution in [2.75, 3.05) is 19.5 Å². The number of aromatic nitrogens is 2. The molecule has 7 heteroatoms. The van der Waals surface area contributed by atoms with E-state index in [1.807, 2.05) is 18.2 Å². The second kappa shape index (κ2) is 6.17. The second-order valence-electron chi connectivity index (χ2n) is 4.45. The van der Waals surface area contributed by atoms with Gasteiger partial charge in [0.05, 0.1) is 14.2 Å². The van der Waals surface area contributed by atoms with Crippen LogP contribution in [0.25, 0.3) is 0 Å². The largest absolute Gasteiger partial charge is 0.493 e. The Morgan fingerprint density at radius 2 is 2.05 bits per heavy atom. The Bertz CT molecular complexity index is 652. The summed E-state index contributed by atoms with van der Waals surface area (Å²) in [6, 6.07) is 5.58. The van der Waals surface area contributed by atoms with Gasteiger partial charge in [0.1, 0.15) is 11.5 Å². The molecule has 1 aromatic carbocycles. The molecule has 7 nitrogen and oxygen atoms in total. The zero-order valence-corrected chi connectivity index (χ0v) is 12.2. The van der Waals surface area contributed by atoms with Gasteiger partial charge in [-0.2, -0.15) is 0 Å². The van der Waals surface area contributed by atoms with Gasteiger partial charge in [-0.15, -0.1) is 0 Å². The number of amides is 1. The molecule has 0 aliphatic rings. The predicted octanol–water partition coefficient (Wildman–Crippen LogP) is 1.45. The van der Waals surface area contributed by atoms with Crippen molar-refractivity contribution in [2.45, 2.75) is 13.5 Å². The number of nitrogens with two attached hydrogens (primary N) is 1. The molecule has 2 aromatic rings. The molecule has 0 bridgehead atoms. The number of carbonyl (C=O) groups excluding carboxylic acids is 1. The molecule has 0 atom stereocenters. The van der Waals surface area contributed by atoms with Gasteiger partial charge < -0.3 is 25.5 Å². The monoisotopic (exact) mass is 290 g/mol. The minimum absolute atomic E-state index is 0.271. The number of rotatable bonds is 6. The fourth-order valence-electron chi connectivity index (χ4n) is 1.97. The first-order valence-electron chi connectivity index (χ1n) is 6.36. The fraction of sp³-hybridized carbons (Fsp3) is 0.286. The number of H-pyrrole nitrogens is 1. The first-order chi connectivity index (χ1) is 10.0. The van der Waals surface area contributed by atoms with Gasteiger partial charge >= 0.3 is 0 Å². The number of hydrogen-bond acceptors (Lipinski definition) is 5. The average molecular weight is 290 g/mol. The molecule has 21 heavy (non-hydrogen) atoms. The van der Waals surface area contributed by atoms with E-state index in [2.05, 4.69) is 15.3 Å². The van der Waals surface area contributed by atoms with Gasteiger partial charge in [-0.3, -0.25) is 4.79 Å². The normalized spacial score (nSPS) is 10.2. The molecule has 1 aromatic heterocycles. The van der Waals surface area contributed by atoms with Gasteiger partial charge in [0.2, 0.25) is 0 Å². The summed E-state index contributed by atoms with van der Waals surface area (Å²) in [5.41, 5.74) is 6.53. The van der Waals surface area contributed by atoms with Gasteiger partial charge in [-0.25, -0.2) is 4.98 Å². The number of ether oxygens (including phenoxy) is 2. The number of imidazole rings is 1. The Morgan fingerprint density at radius 1 is 1.33 bits per heavy atom. The maximum Gasteiger partial charge on any atom is 0.269 e. The van der Waals surface area contributed by atoms with Crippen LogP contribution in [0, 0.1) is 6.92 Å². The molecule has 1 amide bonds. The summed E-state index contributed by atoms with van der Waals surface area (Å²) in [7, 11) is 3.17. The number of hydrogen-bond donors (Lipinski definition) is 3. The molecule has 0 spiro atoms. The average Bonchev–Trinajstić information content (AvgIpc) is 2.86. The maximum atomic E-state index is 11.3. The summed E-state index contributed by atoms with van der Waals surface area (Å²) in [6.45, 7) is 2.24. The number of methoxy groups -OCH3 is 2. The summed E-state index contributed by atoms with van der Waals surface area (Å²) < 4.78 is 10.4. The van der Waals surface area contributed by atoms with E-state index in [0.717, 1.165) is 5.56 Å². The van der Waals surface area contributed by atoms with Crippen LogP contribution < -0.4 is 20.5 Å². The molecular weight excluding hydrogens is 272 g/mol. The van der Waals surface area contributed by atoms with Crippen molar-refractivity contribution in [3.05, 3.63) is 35.3 Å². The van der Waals surface area contributed by atoms with E-state index in [9.17, 15) is 4.79 Å². The summed E-state index contributed by atoms with van der Waals surface area (Å²) in [6.07, 6.45) is 0. The molecule has 0 saturated heterocycles. The number of aromatic amines is 1. The number of anilines is 1. The highest BCUT2D eigenvalue weighted by Gasteiger charge is 2.13. The Hall–Kier alpha value is -2.70. The van der Waals surface area contributed by atoms with Crippen molar-refractivity contribution < 1.29 is 14.3 Å². The van der Waals surface area contributed by atoms with E-state index in [4.69, 9.17) is 15.2 Å². The third kappa shape index (κ3) is 3.25. The van der Waals surface area contributed by atoms with E-state index in [-0.39, 0.29) is 5.69 Å². The van der Waals surface area contributed by atoms with Crippen LogP contribution in [0.4, 0.5) is 5.82 Å². The van der Waals surface area contributed by atoms with Crippen LogP contribution in [0.5, 0.6) is 11.5 Å². The second-order valence-corrected chi connectivity index (χ2v) is 4.45. The number of carbonyl (C=O) groups is 1. The minimum Gasteiger partial charge on any atom is -0.493 e. The number of aryl methyl sites for hydroxylation is 1. The molecule has 0 radical (unpaired) electrons. The van der Waals surface area contributed by atoms with Crippen molar-refractivity contribution in [1.29, 1.82) is 0 Å². The Balaban J connectivity index is 2.15. The minimum atomic E-state index is -0.551. The summed E-state index contributed by atoms with van der Waals surface area (Å²) >= 11 is 0. The SMILES string of the molecule is COc1ccc(CNc2nc(C)[nH]c2C(N)=O)cc1OC. The van der Waals surface area contributed by atoms with Crippen molar-refractivity contribution in [3.63, 3.8) is 0 Å². The lowest BCUT2D eigenvalue weighted by Crippen LogP contribution is -2.14. The van der Waals surface area contributed by atoms with E-state index in [1.54, 1.807) is 21.1 Å². The molecule has 0 aliphatic heterocycles. The van der Waals surface area contributed by atoms with Crippen LogP contribution in [0.15, 0.2) is 18.2 Å². The molecule has 2 rings (SSSR count). The van der Waals surface area contributed by atoms with Gasteiger partial charge in [0.25, 0.3) is 5.91 Å². The number of nitrogens with zero attached hydrogens (tertiary/aromatic N) is 1. The highest BCUT2D eigenvalue weighted by molar-refractivity contribution is 5.95. The summed E-state index contributed by atoms with van der Waals surface area (Å²) in [5, 5.41) is 3.08. The molecular formula is C14H18N4O3. The topological polar surface area (TPSA) is 102 Å². The van der Waals surface area contributed by atoms with Crippen molar-refractivity contribution in [3.8, 4) is 11.5 Å². The van der Waals surface area contributed by atoms with E-state index in [0.29, 0.717) is 29.7 Å². The number of nitrogens with one attached hydrogen (secondary N) is 2. The van der Waals surface area contributed by atoms with Crippen molar-refractivity contribution in [1.82, 2.24) is 9.97 Å². The standard InChI is InChI=1S/C14H18N4O3/c1-8-17-12(13(15)19)14(18-8)16-7-9-4-5-10(20-2)11(6-9)21-3/h4-6,16H,7H2,1-3H3,(H2,15,19)(H,17,18). The van der Waals surface area contributed by atoms with Crippen LogP contribution in [0.1, 0.15) is 21.9 Å². The van der Waals surface area contributed by atoms with Crippen LogP contribution in [-0.2, 0) is 6.54 Å². The molecule has 1 heterocycles. The third-order valence-corrected chi connectivity index (χ3v) is 2.98. The van der Waals surface area contributed by atoms with Crippen LogP contribution in [0.2, 0.25) is 0 Å². The predicted molar refractivity (Wildman–Crippen MR) is 78.7 cm³/mol. The van der Waals surface area contributed by atoms with Gasteiger partial charge in [0.15, 0.2) is 17.3 Å². The molecule has 0 fully saturated rings. The van der Waals surface area contributed by atoms with E-state index in [1.165, 1.54) is 0 Å². The van der Waals surface area contributed by atoms with Crippen molar-refractivity contribution in [2.24, 2.45) is 5.73 Å². The zero-order valence-electron chi connectivity index (χ0n) is 12.2. The number of benzene rings is 1. The first kappa shape index (κ1) is 14.7. The zero-order chi connectivity index (χ0) is 15.4. The van der Waals surface area contributed by atoms with Gasteiger partial charge in [-0.1, -0.05) is 6.07 Å². The smallest absolute Gasteiger partial charge is 0.269 e. The van der Waals surface area contributed by atoms with E-state index < -0.39 is 5.91 Å². The van der Waals surface area contributed by atoms with Gasteiger partial charge in [0, 0.05) is 6.54 Å².